The van der Waals surface area contributed by atoms with E-state index in [9.17, 15) is 5.11 Å². The summed E-state index contributed by atoms with van der Waals surface area (Å²) < 4.78 is 0. The van der Waals surface area contributed by atoms with E-state index in [2.05, 4.69) is 32.9 Å². The Labute approximate surface area is 111 Å². The number of aryl methyl sites for hydroxylation is 2. The second-order valence-electron chi connectivity index (χ2n) is 4.58. The van der Waals surface area contributed by atoms with Gasteiger partial charge in [0.1, 0.15) is 0 Å². The van der Waals surface area contributed by atoms with Gasteiger partial charge >= 0.3 is 0 Å². The number of benzene rings is 1. The second kappa shape index (κ2) is 7.70. The van der Waals surface area contributed by atoms with Crippen LogP contribution in [0.15, 0.2) is 18.2 Å². The summed E-state index contributed by atoms with van der Waals surface area (Å²) in [6.45, 7) is 6.27. The van der Waals surface area contributed by atoms with E-state index in [-0.39, 0.29) is 18.4 Å². The summed E-state index contributed by atoms with van der Waals surface area (Å²) in [6, 6.07) is 5.90. The molecule has 1 rings (SSSR count). The van der Waals surface area contributed by atoms with Gasteiger partial charge in [-0.2, -0.15) is 0 Å². The van der Waals surface area contributed by atoms with Crippen molar-refractivity contribution in [1.29, 1.82) is 0 Å². The van der Waals surface area contributed by atoms with Crippen LogP contribution in [0.5, 0.6) is 0 Å². The van der Waals surface area contributed by atoms with Crippen molar-refractivity contribution in [2.45, 2.75) is 52.2 Å². The molecule has 0 aliphatic carbocycles. The third kappa shape index (κ3) is 4.66. The Morgan fingerprint density at radius 2 is 1.88 bits per heavy atom. The molecule has 3 heteroatoms. The SMILES string of the molecule is CCCC[C@@H](O)[C@@H](N)c1ccc(C)c(C)c1.Cl. The molecule has 0 heterocycles. The van der Waals surface area contributed by atoms with Gasteiger partial charge in [-0.3, -0.25) is 0 Å². The van der Waals surface area contributed by atoms with Gasteiger partial charge in [0.15, 0.2) is 0 Å². The summed E-state index contributed by atoms with van der Waals surface area (Å²) in [7, 11) is 0. The third-order valence-electron chi connectivity index (χ3n) is 3.18. The zero-order chi connectivity index (χ0) is 12.1. The van der Waals surface area contributed by atoms with E-state index in [1.54, 1.807) is 0 Å². The van der Waals surface area contributed by atoms with Gasteiger partial charge in [0, 0.05) is 0 Å². The van der Waals surface area contributed by atoms with Crippen LogP contribution in [0.1, 0.15) is 48.9 Å². The maximum Gasteiger partial charge on any atom is 0.0732 e. The zero-order valence-corrected chi connectivity index (χ0v) is 11.8. The molecule has 0 unspecified atom stereocenters. The smallest absolute Gasteiger partial charge is 0.0732 e. The first kappa shape index (κ1) is 16.4. The fourth-order valence-electron chi connectivity index (χ4n) is 1.79. The minimum Gasteiger partial charge on any atom is -0.391 e. The number of hydrogen-bond donors (Lipinski definition) is 2. The van der Waals surface area contributed by atoms with Crippen molar-refractivity contribution in [1.82, 2.24) is 0 Å². The lowest BCUT2D eigenvalue weighted by Gasteiger charge is -2.19. The van der Waals surface area contributed by atoms with E-state index in [1.165, 1.54) is 11.1 Å². The molecule has 0 spiro atoms. The van der Waals surface area contributed by atoms with Crippen molar-refractivity contribution in [2.75, 3.05) is 0 Å². The Morgan fingerprint density at radius 3 is 2.41 bits per heavy atom. The molecule has 0 radical (unpaired) electrons. The molecule has 0 aliphatic heterocycles. The van der Waals surface area contributed by atoms with Crippen LogP contribution in [0.2, 0.25) is 0 Å². The van der Waals surface area contributed by atoms with E-state index in [1.807, 2.05) is 6.07 Å². The molecule has 17 heavy (non-hydrogen) atoms. The molecule has 3 N–H and O–H groups in total. The summed E-state index contributed by atoms with van der Waals surface area (Å²) in [4.78, 5) is 0. The number of aliphatic hydroxyl groups is 1. The van der Waals surface area contributed by atoms with Gasteiger partial charge in [0.05, 0.1) is 12.1 Å². The van der Waals surface area contributed by atoms with Crippen LogP contribution in [-0.4, -0.2) is 11.2 Å². The highest BCUT2D eigenvalue weighted by Gasteiger charge is 2.16. The maximum atomic E-state index is 9.94. The lowest BCUT2D eigenvalue weighted by atomic mass is 9.96. The van der Waals surface area contributed by atoms with Crippen LogP contribution in [-0.2, 0) is 0 Å². The largest absolute Gasteiger partial charge is 0.391 e. The van der Waals surface area contributed by atoms with Crippen molar-refractivity contribution < 1.29 is 5.11 Å². The van der Waals surface area contributed by atoms with Crippen molar-refractivity contribution in [3.8, 4) is 0 Å². The maximum absolute atomic E-state index is 9.94. The van der Waals surface area contributed by atoms with Crippen molar-refractivity contribution in [3.63, 3.8) is 0 Å². The fourth-order valence-corrected chi connectivity index (χ4v) is 1.79. The highest BCUT2D eigenvalue weighted by Crippen LogP contribution is 2.20. The molecule has 98 valence electrons. The first-order chi connectivity index (χ1) is 7.56. The molecule has 0 fully saturated rings. The van der Waals surface area contributed by atoms with Crippen LogP contribution in [0, 0.1) is 13.8 Å². The number of aliphatic hydroxyl groups excluding tert-OH is 1. The Hall–Kier alpha value is -0.570. The highest BCUT2D eigenvalue weighted by molar-refractivity contribution is 5.85. The molecule has 2 atom stereocenters. The monoisotopic (exact) mass is 257 g/mol. The summed E-state index contributed by atoms with van der Waals surface area (Å²) in [6.07, 6.45) is 2.48. The molecule has 0 amide bonds. The van der Waals surface area contributed by atoms with Crippen LogP contribution in [0.3, 0.4) is 0 Å². The lowest BCUT2D eigenvalue weighted by Crippen LogP contribution is -2.26. The minimum atomic E-state index is -0.429. The summed E-state index contributed by atoms with van der Waals surface area (Å²) in [5.74, 6) is 0. The molecule has 1 aromatic carbocycles. The minimum absolute atomic E-state index is 0. The fraction of sp³-hybridized carbons (Fsp3) is 0.571. The average molecular weight is 258 g/mol. The van der Waals surface area contributed by atoms with Crippen LogP contribution in [0.25, 0.3) is 0 Å². The Balaban J connectivity index is 0.00000256. The van der Waals surface area contributed by atoms with Gasteiger partial charge in [-0.15, -0.1) is 12.4 Å². The number of nitrogens with two attached hydrogens (primary N) is 1. The van der Waals surface area contributed by atoms with Crippen molar-refractivity contribution in [3.05, 3.63) is 34.9 Å². The Bertz CT molecular complexity index is 341. The average Bonchev–Trinajstić information content (AvgIpc) is 2.28. The van der Waals surface area contributed by atoms with Gasteiger partial charge in [0.25, 0.3) is 0 Å². The van der Waals surface area contributed by atoms with Crippen molar-refractivity contribution >= 4 is 12.4 Å². The molecule has 0 saturated carbocycles. The lowest BCUT2D eigenvalue weighted by molar-refractivity contribution is 0.132. The number of rotatable bonds is 5. The van der Waals surface area contributed by atoms with Crippen LogP contribution >= 0.6 is 12.4 Å². The summed E-state index contributed by atoms with van der Waals surface area (Å²) in [5.41, 5.74) is 9.58. The molecule has 0 bridgehead atoms. The van der Waals surface area contributed by atoms with E-state index >= 15 is 0 Å². The van der Waals surface area contributed by atoms with Crippen LogP contribution < -0.4 is 5.73 Å². The quantitative estimate of drug-likeness (QED) is 0.850. The highest BCUT2D eigenvalue weighted by atomic mass is 35.5. The predicted octanol–water partition coefficient (Wildman–Crippen LogP) is 3.28. The number of hydrogen-bond acceptors (Lipinski definition) is 2. The van der Waals surface area contributed by atoms with Gasteiger partial charge in [-0.05, 0) is 37.0 Å². The normalized spacial score (nSPS) is 13.9. The van der Waals surface area contributed by atoms with Gasteiger partial charge in [0.2, 0.25) is 0 Å². The predicted molar refractivity (Wildman–Crippen MR) is 75.6 cm³/mol. The van der Waals surface area contributed by atoms with Crippen LogP contribution in [0.4, 0.5) is 0 Å². The van der Waals surface area contributed by atoms with Gasteiger partial charge in [-0.1, -0.05) is 38.0 Å². The number of halogens is 1. The molecular formula is C14H24ClNO. The van der Waals surface area contributed by atoms with Crippen molar-refractivity contribution in [2.24, 2.45) is 5.73 Å². The molecule has 2 nitrogen and oxygen atoms in total. The molecule has 0 saturated heterocycles. The Kier molecular flexibility index (Phi) is 7.44. The molecular weight excluding hydrogens is 234 g/mol. The summed E-state index contributed by atoms with van der Waals surface area (Å²) >= 11 is 0. The van der Waals surface area contributed by atoms with E-state index in [0.29, 0.717) is 0 Å². The van der Waals surface area contributed by atoms with E-state index in [0.717, 1.165) is 24.8 Å². The standard InChI is InChI=1S/C14H23NO.ClH/c1-4-5-6-13(16)14(15)12-8-7-10(2)11(3)9-12;/h7-9,13-14,16H,4-6,15H2,1-3H3;1H/t13-,14+;/m1./s1. The first-order valence-corrected chi connectivity index (χ1v) is 6.07. The van der Waals surface area contributed by atoms with E-state index < -0.39 is 6.10 Å². The second-order valence-corrected chi connectivity index (χ2v) is 4.58. The van der Waals surface area contributed by atoms with Gasteiger partial charge in [-0.25, -0.2) is 0 Å². The molecule has 0 aromatic heterocycles. The third-order valence-corrected chi connectivity index (χ3v) is 3.18. The number of unbranched alkanes of at least 4 members (excludes halogenated alkanes) is 1. The molecule has 1 aromatic rings. The zero-order valence-electron chi connectivity index (χ0n) is 10.9. The van der Waals surface area contributed by atoms with E-state index in [4.69, 9.17) is 5.73 Å². The first-order valence-electron chi connectivity index (χ1n) is 6.07. The Morgan fingerprint density at radius 1 is 1.24 bits per heavy atom. The van der Waals surface area contributed by atoms with Gasteiger partial charge < -0.3 is 10.8 Å². The summed E-state index contributed by atoms with van der Waals surface area (Å²) in [5, 5.41) is 9.94. The topological polar surface area (TPSA) is 46.2 Å². The molecule has 0 aliphatic rings.